The number of hydrogen-bond donors (Lipinski definition) is 0. The summed E-state index contributed by atoms with van der Waals surface area (Å²) in [7, 11) is 0. The Morgan fingerprint density at radius 3 is 2.36 bits per heavy atom. The van der Waals surface area contributed by atoms with Crippen LogP contribution in [-0.4, -0.2) is 36.0 Å². The maximum absolute atomic E-state index is 12.6. The lowest BCUT2D eigenvalue weighted by Gasteiger charge is -2.26. The van der Waals surface area contributed by atoms with Crippen LogP contribution in [0.25, 0.3) is 0 Å². The number of hydrogen-bond acceptors (Lipinski definition) is 3. The number of amides is 1. The summed E-state index contributed by atoms with van der Waals surface area (Å²) in [4.78, 5) is 26.0. The molecule has 0 bridgehead atoms. The van der Waals surface area contributed by atoms with Crippen molar-refractivity contribution in [3.05, 3.63) is 33.3 Å². The summed E-state index contributed by atoms with van der Waals surface area (Å²) in [6.45, 7) is 7.90. The van der Waals surface area contributed by atoms with Crippen molar-refractivity contribution in [3.8, 4) is 0 Å². The fraction of sp³-hybridized carbons (Fsp3) is 0.500. The van der Waals surface area contributed by atoms with Gasteiger partial charge in [-0.3, -0.25) is 9.59 Å². The molecule has 0 radical (unpaired) electrons. The van der Waals surface area contributed by atoms with Gasteiger partial charge in [0.25, 0.3) is 5.91 Å². The van der Waals surface area contributed by atoms with Crippen LogP contribution in [-0.2, 0) is 9.53 Å². The maximum Gasteiger partial charge on any atom is 0.325 e. The van der Waals surface area contributed by atoms with Crippen LogP contribution in [0.3, 0.4) is 0 Å². The van der Waals surface area contributed by atoms with Crippen LogP contribution in [0.15, 0.2) is 22.7 Å². The lowest BCUT2D eigenvalue weighted by Crippen LogP contribution is -2.41. The first-order valence-electron chi connectivity index (χ1n) is 7.13. The third-order valence-electron chi connectivity index (χ3n) is 2.87. The van der Waals surface area contributed by atoms with Crippen molar-refractivity contribution in [1.82, 2.24) is 4.90 Å². The van der Waals surface area contributed by atoms with E-state index in [4.69, 9.17) is 16.3 Å². The van der Waals surface area contributed by atoms with E-state index in [2.05, 4.69) is 15.9 Å². The fourth-order valence-corrected chi connectivity index (χ4v) is 2.64. The molecule has 1 rings (SSSR count). The molecule has 0 unspecified atom stereocenters. The molecule has 0 atom stereocenters. The summed E-state index contributed by atoms with van der Waals surface area (Å²) in [5.41, 5.74) is 0.435. The van der Waals surface area contributed by atoms with E-state index < -0.39 is 5.97 Å². The Balaban J connectivity index is 2.86. The van der Waals surface area contributed by atoms with Crippen molar-refractivity contribution in [2.24, 2.45) is 5.92 Å². The zero-order valence-electron chi connectivity index (χ0n) is 13.2. The molecule has 0 aliphatic heterocycles. The SMILES string of the molecule is CC(C)COC(=O)CN(C(=O)c1cc(Cl)cc(Br)c1)C(C)C. The Bertz CT molecular complexity index is 526. The van der Waals surface area contributed by atoms with Gasteiger partial charge in [-0.25, -0.2) is 0 Å². The van der Waals surface area contributed by atoms with E-state index in [9.17, 15) is 9.59 Å². The summed E-state index contributed by atoms with van der Waals surface area (Å²) >= 11 is 9.29. The minimum atomic E-state index is -0.406. The number of benzene rings is 1. The molecule has 0 saturated heterocycles. The first-order valence-corrected chi connectivity index (χ1v) is 8.30. The van der Waals surface area contributed by atoms with E-state index in [1.54, 1.807) is 18.2 Å². The van der Waals surface area contributed by atoms with E-state index in [1.807, 2.05) is 27.7 Å². The van der Waals surface area contributed by atoms with Gasteiger partial charge in [-0.15, -0.1) is 0 Å². The molecule has 0 aromatic heterocycles. The molecule has 0 saturated carbocycles. The second-order valence-electron chi connectivity index (χ2n) is 5.76. The summed E-state index contributed by atoms with van der Waals surface area (Å²) in [6.07, 6.45) is 0. The lowest BCUT2D eigenvalue weighted by atomic mass is 10.1. The molecule has 4 nitrogen and oxygen atoms in total. The van der Waals surface area contributed by atoms with Gasteiger partial charge in [0.05, 0.1) is 6.61 Å². The average molecular weight is 391 g/mol. The molecule has 0 N–H and O–H groups in total. The number of esters is 1. The topological polar surface area (TPSA) is 46.6 Å². The van der Waals surface area contributed by atoms with Crippen LogP contribution < -0.4 is 0 Å². The molecule has 0 fully saturated rings. The van der Waals surface area contributed by atoms with Crippen LogP contribution in [0.5, 0.6) is 0 Å². The van der Waals surface area contributed by atoms with Gasteiger partial charge in [-0.1, -0.05) is 41.4 Å². The normalized spacial score (nSPS) is 10.9. The predicted octanol–water partition coefficient (Wildman–Crippen LogP) is 4.15. The molecular formula is C16H21BrClNO3. The standard InChI is InChI=1S/C16H21BrClNO3/c1-10(2)9-22-15(20)8-19(11(3)4)16(21)12-5-13(17)7-14(18)6-12/h5-7,10-11H,8-9H2,1-4H3. The highest BCUT2D eigenvalue weighted by Crippen LogP contribution is 2.21. The van der Waals surface area contributed by atoms with E-state index in [0.29, 0.717) is 17.2 Å². The minimum absolute atomic E-state index is 0.0760. The predicted molar refractivity (Wildman–Crippen MR) is 91.1 cm³/mol. The van der Waals surface area contributed by atoms with Crippen molar-refractivity contribution in [1.29, 1.82) is 0 Å². The Kier molecular flexibility index (Phi) is 7.36. The first kappa shape index (κ1) is 19.0. The fourth-order valence-electron chi connectivity index (χ4n) is 1.78. The van der Waals surface area contributed by atoms with E-state index in [0.717, 1.165) is 4.47 Å². The Hall–Kier alpha value is -1.07. The molecule has 6 heteroatoms. The van der Waals surface area contributed by atoms with Crippen molar-refractivity contribution in [2.45, 2.75) is 33.7 Å². The third kappa shape index (κ3) is 5.97. The van der Waals surface area contributed by atoms with Crippen molar-refractivity contribution < 1.29 is 14.3 Å². The molecule has 0 aliphatic rings. The molecule has 1 amide bonds. The number of rotatable bonds is 6. The van der Waals surface area contributed by atoms with Crippen LogP contribution in [0.1, 0.15) is 38.1 Å². The van der Waals surface area contributed by atoms with Gasteiger partial charge >= 0.3 is 5.97 Å². The van der Waals surface area contributed by atoms with Gasteiger partial charge in [0.1, 0.15) is 6.54 Å². The molecule has 22 heavy (non-hydrogen) atoms. The van der Waals surface area contributed by atoms with Crippen LogP contribution in [0, 0.1) is 5.92 Å². The quantitative estimate of drug-likeness (QED) is 0.685. The minimum Gasteiger partial charge on any atom is -0.464 e. The Morgan fingerprint density at radius 2 is 1.86 bits per heavy atom. The second kappa shape index (κ2) is 8.53. The number of halogens is 2. The second-order valence-corrected chi connectivity index (χ2v) is 7.11. The molecule has 0 heterocycles. The van der Waals surface area contributed by atoms with Crippen LogP contribution in [0.2, 0.25) is 5.02 Å². The number of ether oxygens (including phenoxy) is 1. The summed E-state index contributed by atoms with van der Waals surface area (Å²) in [5.74, 6) is -0.396. The molecule has 0 spiro atoms. The molecule has 1 aromatic rings. The summed E-state index contributed by atoms with van der Waals surface area (Å²) < 4.78 is 5.87. The number of nitrogens with zero attached hydrogens (tertiary/aromatic N) is 1. The maximum atomic E-state index is 12.6. The van der Waals surface area contributed by atoms with Gasteiger partial charge in [-0.05, 0) is 38.0 Å². The average Bonchev–Trinajstić information content (AvgIpc) is 2.40. The summed E-state index contributed by atoms with van der Waals surface area (Å²) in [6, 6.07) is 4.85. The van der Waals surface area contributed by atoms with Gasteiger partial charge < -0.3 is 9.64 Å². The van der Waals surface area contributed by atoms with E-state index in [-0.39, 0.29) is 24.4 Å². The lowest BCUT2D eigenvalue weighted by molar-refractivity contribution is -0.145. The zero-order chi connectivity index (χ0) is 16.9. The first-order chi connectivity index (χ1) is 10.2. The van der Waals surface area contributed by atoms with Gasteiger partial charge in [0.2, 0.25) is 0 Å². The number of carbonyl (C=O) groups excluding carboxylic acids is 2. The third-order valence-corrected chi connectivity index (χ3v) is 3.55. The van der Waals surface area contributed by atoms with Crippen molar-refractivity contribution in [2.75, 3.05) is 13.2 Å². The zero-order valence-corrected chi connectivity index (χ0v) is 15.6. The molecule has 0 aliphatic carbocycles. The molecular weight excluding hydrogens is 370 g/mol. The van der Waals surface area contributed by atoms with Crippen molar-refractivity contribution in [3.63, 3.8) is 0 Å². The van der Waals surface area contributed by atoms with Gasteiger partial charge in [0, 0.05) is 21.1 Å². The van der Waals surface area contributed by atoms with Crippen LogP contribution in [0.4, 0.5) is 0 Å². The largest absolute Gasteiger partial charge is 0.464 e. The molecule has 122 valence electrons. The highest BCUT2D eigenvalue weighted by Gasteiger charge is 2.23. The Morgan fingerprint density at radius 1 is 1.23 bits per heavy atom. The smallest absolute Gasteiger partial charge is 0.325 e. The molecule has 1 aromatic carbocycles. The Labute approximate surface area is 144 Å². The van der Waals surface area contributed by atoms with Gasteiger partial charge in [-0.2, -0.15) is 0 Å². The highest BCUT2D eigenvalue weighted by molar-refractivity contribution is 9.10. The van der Waals surface area contributed by atoms with Gasteiger partial charge in [0.15, 0.2) is 0 Å². The number of carbonyl (C=O) groups is 2. The van der Waals surface area contributed by atoms with Crippen molar-refractivity contribution >= 4 is 39.4 Å². The van der Waals surface area contributed by atoms with E-state index >= 15 is 0 Å². The monoisotopic (exact) mass is 389 g/mol. The highest BCUT2D eigenvalue weighted by atomic mass is 79.9. The summed E-state index contributed by atoms with van der Waals surface area (Å²) in [5, 5.41) is 0.462. The van der Waals surface area contributed by atoms with Crippen LogP contribution >= 0.6 is 27.5 Å². The van der Waals surface area contributed by atoms with E-state index in [1.165, 1.54) is 4.90 Å².